The van der Waals surface area contributed by atoms with E-state index in [4.69, 9.17) is 0 Å². The molecule has 0 spiro atoms. The van der Waals surface area contributed by atoms with E-state index in [1.807, 2.05) is 28.8 Å². The molecule has 0 aliphatic rings. The maximum atomic E-state index is 12.2. The molecule has 2 rings (SSSR count). The Morgan fingerprint density at radius 1 is 1.39 bits per heavy atom. The van der Waals surface area contributed by atoms with E-state index in [1.54, 1.807) is 6.92 Å². The van der Waals surface area contributed by atoms with Crippen molar-refractivity contribution in [3.05, 3.63) is 40.3 Å². The predicted octanol–water partition coefficient (Wildman–Crippen LogP) is 1.70. The van der Waals surface area contributed by atoms with Gasteiger partial charge in [-0.05, 0) is 32.5 Å². The molecule has 0 aliphatic carbocycles. The Morgan fingerprint density at radius 2 is 2.11 bits per heavy atom. The highest BCUT2D eigenvalue weighted by molar-refractivity contribution is 5.74. The van der Waals surface area contributed by atoms with E-state index in [1.165, 1.54) is 0 Å². The van der Waals surface area contributed by atoms with Crippen molar-refractivity contribution in [1.29, 1.82) is 0 Å². The van der Waals surface area contributed by atoms with Crippen LogP contribution in [-0.2, 0) is 6.54 Å². The number of hydrogen-bond acceptors (Lipinski definition) is 3. The third-order valence-electron chi connectivity index (χ3n) is 3.02. The van der Waals surface area contributed by atoms with Crippen LogP contribution in [0.1, 0.15) is 19.5 Å². The van der Waals surface area contributed by atoms with Crippen LogP contribution in [0.15, 0.2) is 29.1 Å². The molecular weight excluding hydrogens is 226 g/mol. The lowest BCUT2D eigenvalue weighted by Crippen LogP contribution is -2.35. The maximum absolute atomic E-state index is 12.2. The smallest absolute Gasteiger partial charge is 0.272 e. The van der Waals surface area contributed by atoms with Gasteiger partial charge in [0.25, 0.3) is 5.56 Å². The zero-order valence-electron chi connectivity index (χ0n) is 11.1. The van der Waals surface area contributed by atoms with Crippen LogP contribution in [0.25, 0.3) is 11.0 Å². The van der Waals surface area contributed by atoms with Gasteiger partial charge in [0.1, 0.15) is 5.69 Å². The fraction of sp³-hybridized carbons (Fsp3) is 0.429. The van der Waals surface area contributed by atoms with Crippen molar-refractivity contribution in [3.63, 3.8) is 0 Å². The number of para-hydroxylation sites is 2. The number of benzene rings is 1. The zero-order valence-corrected chi connectivity index (χ0v) is 11.1. The summed E-state index contributed by atoms with van der Waals surface area (Å²) in [5.41, 5.74) is 2.33. The number of fused-ring (bicyclic) bond motifs is 1. The van der Waals surface area contributed by atoms with Gasteiger partial charge in [0, 0.05) is 12.6 Å². The summed E-state index contributed by atoms with van der Waals surface area (Å²) in [6.45, 7) is 7.48. The van der Waals surface area contributed by atoms with Crippen LogP contribution in [0, 0.1) is 6.92 Å². The first-order valence-electron chi connectivity index (χ1n) is 6.33. The molecule has 1 N–H and O–H groups in total. The van der Waals surface area contributed by atoms with Gasteiger partial charge in [0.05, 0.1) is 11.0 Å². The Balaban J connectivity index is 2.53. The number of nitrogens with one attached hydrogen (secondary N) is 1. The Hall–Kier alpha value is -1.68. The average Bonchev–Trinajstić information content (AvgIpc) is 2.35. The second-order valence-corrected chi connectivity index (χ2v) is 4.56. The van der Waals surface area contributed by atoms with Crippen LogP contribution < -0.4 is 10.9 Å². The normalized spacial score (nSPS) is 12.8. The first-order chi connectivity index (χ1) is 8.63. The molecule has 2 aromatic rings. The maximum Gasteiger partial charge on any atom is 0.272 e. The van der Waals surface area contributed by atoms with Gasteiger partial charge >= 0.3 is 0 Å². The molecule has 4 heteroatoms. The highest BCUT2D eigenvalue weighted by Gasteiger charge is 2.10. The van der Waals surface area contributed by atoms with Gasteiger partial charge in [0.2, 0.25) is 0 Å². The lowest BCUT2D eigenvalue weighted by Gasteiger charge is -2.16. The molecule has 0 fully saturated rings. The van der Waals surface area contributed by atoms with Gasteiger partial charge in [-0.2, -0.15) is 0 Å². The summed E-state index contributed by atoms with van der Waals surface area (Å²) < 4.78 is 1.81. The van der Waals surface area contributed by atoms with E-state index in [0.717, 1.165) is 17.6 Å². The fourth-order valence-electron chi connectivity index (χ4n) is 2.19. The van der Waals surface area contributed by atoms with Gasteiger partial charge in [-0.25, -0.2) is 4.98 Å². The third-order valence-corrected chi connectivity index (χ3v) is 3.02. The van der Waals surface area contributed by atoms with Crippen molar-refractivity contribution in [1.82, 2.24) is 14.9 Å². The monoisotopic (exact) mass is 245 g/mol. The molecule has 0 saturated heterocycles. The molecule has 96 valence electrons. The van der Waals surface area contributed by atoms with E-state index >= 15 is 0 Å². The first-order valence-corrected chi connectivity index (χ1v) is 6.33. The number of aromatic nitrogens is 2. The molecule has 1 aromatic carbocycles. The van der Waals surface area contributed by atoms with Gasteiger partial charge in [-0.1, -0.05) is 19.1 Å². The van der Waals surface area contributed by atoms with Crippen molar-refractivity contribution >= 4 is 11.0 Å². The van der Waals surface area contributed by atoms with Crippen LogP contribution >= 0.6 is 0 Å². The van der Waals surface area contributed by atoms with Crippen LogP contribution in [0.2, 0.25) is 0 Å². The molecule has 1 heterocycles. The number of nitrogens with zero attached hydrogens (tertiary/aromatic N) is 2. The standard InChI is InChI=1S/C14H19N3O/c1-4-15-10(2)9-17-13-8-6-5-7-12(13)16-11(3)14(17)18/h5-8,10,15H,4,9H2,1-3H3. The molecule has 18 heavy (non-hydrogen) atoms. The minimum Gasteiger partial charge on any atom is -0.313 e. The fourth-order valence-corrected chi connectivity index (χ4v) is 2.19. The van der Waals surface area contributed by atoms with Gasteiger partial charge in [-0.15, -0.1) is 0 Å². The second-order valence-electron chi connectivity index (χ2n) is 4.56. The molecule has 1 atom stereocenters. The molecule has 4 nitrogen and oxygen atoms in total. The second kappa shape index (κ2) is 5.31. The first kappa shape index (κ1) is 12.8. The highest BCUT2D eigenvalue weighted by atomic mass is 16.1. The number of aryl methyl sites for hydroxylation is 1. The topological polar surface area (TPSA) is 46.9 Å². The summed E-state index contributed by atoms with van der Waals surface area (Å²) >= 11 is 0. The van der Waals surface area contributed by atoms with Crippen molar-refractivity contribution < 1.29 is 0 Å². The zero-order chi connectivity index (χ0) is 13.1. The van der Waals surface area contributed by atoms with Crippen LogP contribution in [0.4, 0.5) is 0 Å². The quantitative estimate of drug-likeness (QED) is 0.892. The Morgan fingerprint density at radius 3 is 2.83 bits per heavy atom. The summed E-state index contributed by atoms with van der Waals surface area (Å²) in [4.78, 5) is 16.5. The lowest BCUT2D eigenvalue weighted by molar-refractivity contribution is 0.488. The van der Waals surface area contributed by atoms with Gasteiger partial charge in [0.15, 0.2) is 0 Å². The van der Waals surface area contributed by atoms with Gasteiger partial charge < -0.3 is 9.88 Å². The summed E-state index contributed by atoms with van der Waals surface area (Å²) in [6, 6.07) is 8.03. The van der Waals surface area contributed by atoms with Crippen molar-refractivity contribution in [2.45, 2.75) is 33.4 Å². The summed E-state index contributed by atoms with van der Waals surface area (Å²) in [5, 5.41) is 3.33. The van der Waals surface area contributed by atoms with Gasteiger partial charge in [-0.3, -0.25) is 4.79 Å². The Kier molecular flexibility index (Phi) is 3.77. The Bertz CT molecular complexity index is 604. The highest BCUT2D eigenvalue weighted by Crippen LogP contribution is 2.10. The van der Waals surface area contributed by atoms with Crippen LogP contribution in [0.3, 0.4) is 0 Å². The molecule has 0 aliphatic heterocycles. The Labute approximate surface area is 107 Å². The SMILES string of the molecule is CCNC(C)Cn1c(=O)c(C)nc2ccccc21. The third kappa shape index (κ3) is 2.43. The largest absolute Gasteiger partial charge is 0.313 e. The molecule has 1 unspecified atom stereocenters. The summed E-state index contributed by atoms with van der Waals surface area (Å²) in [7, 11) is 0. The molecule has 0 radical (unpaired) electrons. The van der Waals surface area contributed by atoms with Crippen LogP contribution in [-0.4, -0.2) is 22.1 Å². The van der Waals surface area contributed by atoms with E-state index < -0.39 is 0 Å². The van der Waals surface area contributed by atoms with Crippen LogP contribution in [0.5, 0.6) is 0 Å². The number of likely N-dealkylation sites (N-methyl/N-ethyl adjacent to an activating group) is 1. The van der Waals surface area contributed by atoms with E-state index in [0.29, 0.717) is 12.2 Å². The molecule has 0 bridgehead atoms. The molecular formula is C14H19N3O. The van der Waals surface area contributed by atoms with Crippen molar-refractivity contribution in [2.75, 3.05) is 6.54 Å². The van der Waals surface area contributed by atoms with E-state index in [9.17, 15) is 4.79 Å². The van der Waals surface area contributed by atoms with E-state index in [-0.39, 0.29) is 11.6 Å². The minimum absolute atomic E-state index is 0.00143. The van der Waals surface area contributed by atoms with Crippen molar-refractivity contribution in [3.8, 4) is 0 Å². The molecule has 0 saturated carbocycles. The summed E-state index contributed by atoms with van der Waals surface area (Å²) in [5.74, 6) is 0. The molecule has 1 aromatic heterocycles. The number of hydrogen-bond donors (Lipinski definition) is 1. The summed E-state index contributed by atoms with van der Waals surface area (Å²) in [6.07, 6.45) is 0. The number of rotatable bonds is 4. The predicted molar refractivity (Wildman–Crippen MR) is 73.9 cm³/mol. The lowest BCUT2D eigenvalue weighted by atomic mass is 10.2. The van der Waals surface area contributed by atoms with Crippen molar-refractivity contribution in [2.24, 2.45) is 0 Å². The molecule has 0 amide bonds. The average molecular weight is 245 g/mol. The van der Waals surface area contributed by atoms with E-state index in [2.05, 4.69) is 24.1 Å². The minimum atomic E-state index is -0.00143.